The highest BCUT2D eigenvalue weighted by atomic mass is 16.5. The minimum absolute atomic E-state index is 0.0190. The van der Waals surface area contributed by atoms with Crippen LogP contribution in [0.25, 0.3) is 11.1 Å². The molecule has 0 spiro atoms. The first-order valence-electron chi connectivity index (χ1n) is 7.53. The van der Waals surface area contributed by atoms with E-state index >= 15 is 0 Å². The van der Waals surface area contributed by atoms with Crippen LogP contribution in [0, 0.1) is 0 Å². The monoisotopic (exact) mass is 332 g/mol. The Balaban J connectivity index is 2.52. The molecule has 0 saturated heterocycles. The standard InChI is InChI=1S/C20H16N2O3/c1-15(17-9-5-3-6-10-17)19(21-13-23)25-20(22-14-24)16(2)18-11-7-4-8-12-18/h3-12H,1-2H3. The van der Waals surface area contributed by atoms with Gasteiger partial charge in [-0.3, -0.25) is 0 Å². The van der Waals surface area contributed by atoms with E-state index < -0.39 is 0 Å². The van der Waals surface area contributed by atoms with Gasteiger partial charge in [-0.2, -0.15) is 0 Å². The van der Waals surface area contributed by atoms with E-state index in [0.29, 0.717) is 11.1 Å². The molecule has 5 nitrogen and oxygen atoms in total. The predicted octanol–water partition coefficient (Wildman–Crippen LogP) is 4.45. The van der Waals surface area contributed by atoms with Gasteiger partial charge in [0.25, 0.3) is 0 Å². The number of rotatable bonds is 6. The van der Waals surface area contributed by atoms with Gasteiger partial charge < -0.3 is 4.74 Å². The molecule has 25 heavy (non-hydrogen) atoms. The van der Waals surface area contributed by atoms with Crippen LogP contribution in [0.2, 0.25) is 0 Å². The van der Waals surface area contributed by atoms with Crippen molar-refractivity contribution in [2.75, 3.05) is 0 Å². The lowest BCUT2D eigenvalue weighted by atomic mass is 10.1. The second kappa shape index (κ2) is 8.94. The van der Waals surface area contributed by atoms with E-state index in [2.05, 4.69) is 9.98 Å². The summed E-state index contributed by atoms with van der Waals surface area (Å²) >= 11 is 0. The molecular formula is C20H16N2O3. The Kier molecular flexibility index (Phi) is 6.38. The van der Waals surface area contributed by atoms with Crippen LogP contribution >= 0.6 is 0 Å². The Bertz CT molecular complexity index is 812. The third-order valence-corrected chi connectivity index (χ3v) is 3.54. The molecule has 124 valence electrons. The number of ether oxygens (including phenoxy) is 1. The molecule has 0 heterocycles. The normalized spacial score (nSPS) is 12.1. The summed E-state index contributed by atoms with van der Waals surface area (Å²) in [6.45, 7) is 3.51. The molecule has 0 bridgehead atoms. The molecule has 0 radical (unpaired) electrons. The van der Waals surface area contributed by atoms with E-state index in [4.69, 9.17) is 4.74 Å². The quantitative estimate of drug-likeness (QED) is 0.446. The molecule has 2 aromatic rings. The van der Waals surface area contributed by atoms with E-state index in [1.807, 2.05) is 60.7 Å². The molecule has 0 saturated carbocycles. The largest absolute Gasteiger partial charge is 0.419 e. The van der Waals surface area contributed by atoms with Crippen molar-refractivity contribution in [3.8, 4) is 0 Å². The maximum atomic E-state index is 10.8. The summed E-state index contributed by atoms with van der Waals surface area (Å²) in [5, 5.41) is 0. The summed E-state index contributed by atoms with van der Waals surface area (Å²) in [5.74, 6) is 0.0379. The van der Waals surface area contributed by atoms with Gasteiger partial charge in [-0.15, -0.1) is 9.98 Å². The smallest absolute Gasteiger partial charge is 0.243 e. The van der Waals surface area contributed by atoms with Crippen molar-refractivity contribution in [3.05, 3.63) is 83.6 Å². The highest BCUT2D eigenvalue weighted by molar-refractivity contribution is 5.69. The van der Waals surface area contributed by atoms with Crippen LogP contribution in [0.3, 0.4) is 0 Å². The Labute approximate surface area is 145 Å². The molecule has 0 aliphatic rings. The molecule has 2 aromatic carbocycles. The number of isocyanates is 2. The summed E-state index contributed by atoms with van der Waals surface area (Å²) in [5.41, 5.74) is 2.87. The van der Waals surface area contributed by atoms with Gasteiger partial charge >= 0.3 is 0 Å². The number of benzene rings is 2. The maximum absolute atomic E-state index is 10.8. The number of allylic oxidation sites excluding steroid dienone is 2. The summed E-state index contributed by atoms with van der Waals surface area (Å²) in [7, 11) is 0. The number of carbonyl (C=O) groups excluding carboxylic acids is 2. The van der Waals surface area contributed by atoms with E-state index in [-0.39, 0.29) is 11.8 Å². The molecule has 0 aliphatic carbocycles. The first-order valence-corrected chi connectivity index (χ1v) is 7.53. The van der Waals surface area contributed by atoms with Gasteiger partial charge in [0.2, 0.25) is 23.9 Å². The van der Waals surface area contributed by atoms with Gasteiger partial charge in [-0.05, 0) is 25.0 Å². The van der Waals surface area contributed by atoms with Gasteiger partial charge in [-0.25, -0.2) is 9.59 Å². The number of nitrogens with zero attached hydrogens (tertiary/aromatic N) is 2. The molecule has 2 rings (SSSR count). The third-order valence-electron chi connectivity index (χ3n) is 3.54. The molecular weight excluding hydrogens is 316 g/mol. The Morgan fingerprint density at radius 1 is 0.720 bits per heavy atom. The zero-order valence-corrected chi connectivity index (χ0v) is 13.9. The highest BCUT2D eigenvalue weighted by Crippen LogP contribution is 2.26. The van der Waals surface area contributed by atoms with Crippen molar-refractivity contribution in [3.63, 3.8) is 0 Å². The second-order valence-corrected chi connectivity index (χ2v) is 5.10. The number of aliphatic imine (C=N–C) groups is 2. The lowest BCUT2D eigenvalue weighted by Crippen LogP contribution is -1.96. The summed E-state index contributed by atoms with van der Waals surface area (Å²) in [6.07, 6.45) is 2.95. The van der Waals surface area contributed by atoms with Crippen LogP contribution in [-0.4, -0.2) is 12.2 Å². The van der Waals surface area contributed by atoms with Crippen molar-refractivity contribution in [2.45, 2.75) is 13.8 Å². The topological polar surface area (TPSA) is 68.1 Å². The molecule has 5 heteroatoms. The minimum atomic E-state index is 0.0190. The van der Waals surface area contributed by atoms with E-state index in [1.165, 1.54) is 12.2 Å². The van der Waals surface area contributed by atoms with E-state index in [0.717, 1.165) is 11.1 Å². The van der Waals surface area contributed by atoms with Crippen molar-refractivity contribution < 1.29 is 14.3 Å². The van der Waals surface area contributed by atoms with Crippen molar-refractivity contribution >= 4 is 23.3 Å². The molecule has 0 N–H and O–H groups in total. The second-order valence-electron chi connectivity index (χ2n) is 5.10. The maximum Gasteiger partial charge on any atom is 0.243 e. The fraction of sp³-hybridized carbons (Fsp3) is 0.100. The molecule has 0 unspecified atom stereocenters. The van der Waals surface area contributed by atoms with Gasteiger partial charge in [0, 0.05) is 11.1 Å². The third kappa shape index (κ3) is 4.72. The van der Waals surface area contributed by atoms with Crippen molar-refractivity contribution in [1.82, 2.24) is 0 Å². The zero-order chi connectivity index (χ0) is 18.1. The van der Waals surface area contributed by atoms with Crippen LogP contribution < -0.4 is 0 Å². The van der Waals surface area contributed by atoms with E-state index in [9.17, 15) is 9.59 Å². The fourth-order valence-electron chi connectivity index (χ4n) is 2.16. The first kappa shape index (κ1) is 17.8. The molecule has 0 aliphatic heterocycles. The predicted molar refractivity (Wildman–Crippen MR) is 95.4 cm³/mol. The highest BCUT2D eigenvalue weighted by Gasteiger charge is 2.12. The van der Waals surface area contributed by atoms with Crippen LogP contribution in [0.4, 0.5) is 0 Å². The van der Waals surface area contributed by atoms with Crippen LogP contribution in [0.5, 0.6) is 0 Å². The van der Waals surface area contributed by atoms with E-state index in [1.54, 1.807) is 13.8 Å². The first-order chi connectivity index (χ1) is 12.2. The number of hydrogen-bond acceptors (Lipinski definition) is 5. The molecule has 0 fully saturated rings. The summed E-state index contributed by atoms with van der Waals surface area (Å²) in [6, 6.07) is 18.6. The summed E-state index contributed by atoms with van der Waals surface area (Å²) < 4.78 is 5.66. The van der Waals surface area contributed by atoms with Crippen LogP contribution in [0.1, 0.15) is 25.0 Å². The minimum Gasteiger partial charge on any atom is -0.419 e. The molecule has 0 amide bonds. The Morgan fingerprint density at radius 3 is 1.40 bits per heavy atom. The number of hydrogen-bond donors (Lipinski definition) is 0. The average molecular weight is 332 g/mol. The van der Waals surface area contributed by atoms with Crippen molar-refractivity contribution in [1.29, 1.82) is 0 Å². The van der Waals surface area contributed by atoms with Gasteiger partial charge in [0.05, 0.1) is 0 Å². The Hall–Kier alpha value is -3.52. The van der Waals surface area contributed by atoms with Crippen LogP contribution in [-0.2, 0) is 14.3 Å². The lowest BCUT2D eigenvalue weighted by Gasteiger charge is -2.11. The van der Waals surface area contributed by atoms with Crippen molar-refractivity contribution in [2.24, 2.45) is 9.98 Å². The average Bonchev–Trinajstić information content (AvgIpc) is 2.67. The summed E-state index contributed by atoms with van der Waals surface area (Å²) in [4.78, 5) is 28.9. The lowest BCUT2D eigenvalue weighted by molar-refractivity contribution is 0.302. The molecule has 0 atom stereocenters. The Morgan fingerprint density at radius 2 is 1.08 bits per heavy atom. The zero-order valence-electron chi connectivity index (χ0n) is 13.9. The van der Waals surface area contributed by atoms with Crippen LogP contribution in [0.15, 0.2) is 82.4 Å². The van der Waals surface area contributed by atoms with Gasteiger partial charge in [0.15, 0.2) is 0 Å². The fourth-order valence-corrected chi connectivity index (χ4v) is 2.16. The van der Waals surface area contributed by atoms with Gasteiger partial charge in [0.1, 0.15) is 0 Å². The van der Waals surface area contributed by atoms with Gasteiger partial charge in [-0.1, -0.05) is 60.7 Å². The molecule has 0 aromatic heterocycles. The SMILES string of the molecule is CC(=C(N=C=O)OC(N=C=O)=C(C)c1ccccc1)c1ccccc1.